The molecule has 23 heavy (non-hydrogen) atoms. The van der Waals surface area contributed by atoms with E-state index in [2.05, 4.69) is 5.32 Å². The van der Waals surface area contributed by atoms with Crippen molar-refractivity contribution in [2.24, 2.45) is 0 Å². The second-order valence-corrected chi connectivity index (χ2v) is 6.28. The lowest BCUT2D eigenvalue weighted by Gasteiger charge is -2.11. The Kier molecular flexibility index (Phi) is 6.35. The highest BCUT2D eigenvalue weighted by Gasteiger charge is 2.13. The summed E-state index contributed by atoms with van der Waals surface area (Å²) in [5.41, 5.74) is 1.35. The van der Waals surface area contributed by atoms with Crippen LogP contribution < -0.4 is 5.32 Å². The molecular weight excluding hydrogens is 316 g/mol. The van der Waals surface area contributed by atoms with Gasteiger partial charge in [-0.15, -0.1) is 11.8 Å². The SMILES string of the molecule is C[C@@H](SC/C=C/c1ccccc1)C(=O)Nc1ccc(F)c(F)c1. The third kappa shape index (κ3) is 5.53. The zero-order valence-electron chi connectivity index (χ0n) is 12.6. The van der Waals surface area contributed by atoms with E-state index >= 15 is 0 Å². The van der Waals surface area contributed by atoms with Crippen LogP contribution in [0.5, 0.6) is 0 Å². The van der Waals surface area contributed by atoms with E-state index in [1.54, 1.807) is 6.92 Å². The first-order valence-corrected chi connectivity index (χ1v) is 8.20. The molecule has 0 fully saturated rings. The Morgan fingerprint density at radius 3 is 2.61 bits per heavy atom. The maximum absolute atomic E-state index is 13.1. The van der Waals surface area contributed by atoms with E-state index in [-0.39, 0.29) is 16.8 Å². The van der Waals surface area contributed by atoms with Crippen LogP contribution in [0.3, 0.4) is 0 Å². The minimum absolute atomic E-state index is 0.242. The molecule has 2 aromatic carbocycles. The molecule has 0 aromatic heterocycles. The summed E-state index contributed by atoms with van der Waals surface area (Å²) in [5.74, 6) is -1.47. The second-order valence-electron chi connectivity index (χ2n) is 4.91. The average molecular weight is 333 g/mol. The predicted octanol–water partition coefficient (Wildman–Crippen LogP) is 4.74. The molecular formula is C18H17F2NOS. The fourth-order valence-electron chi connectivity index (χ4n) is 1.84. The van der Waals surface area contributed by atoms with Gasteiger partial charge in [-0.1, -0.05) is 42.5 Å². The van der Waals surface area contributed by atoms with Crippen LogP contribution in [0.4, 0.5) is 14.5 Å². The van der Waals surface area contributed by atoms with Crippen molar-refractivity contribution in [2.45, 2.75) is 12.2 Å². The molecule has 2 aromatic rings. The van der Waals surface area contributed by atoms with Gasteiger partial charge in [0.05, 0.1) is 5.25 Å². The first kappa shape index (κ1) is 17.2. The number of carbonyl (C=O) groups is 1. The molecule has 0 spiro atoms. The van der Waals surface area contributed by atoms with E-state index in [1.165, 1.54) is 17.8 Å². The third-order valence-corrected chi connectivity index (χ3v) is 4.21. The van der Waals surface area contributed by atoms with Crippen molar-refractivity contribution in [3.63, 3.8) is 0 Å². The first-order valence-electron chi connectivity index (χ1n) is 7.15. The molecule has 120 valence electrons. The van der Waals surface area contributed by atoms with E-state index in [9.17, 15) is 13.6 Å². The number of halogens is 2. The van der Waals surface area contributed by atoms with Crippen LogP contribution in [0, 0.1) is 11.6 Å². The van der Waals surface area contributed by atoms with Crippen molar-refractivity contribution < 1.29 is 13.6 Å². The van der Waals surface area contributed by atoms with Gasteiger partial charge in [0.25, 0.3) is 0 Å². The monoisotopic (exact) mass is 333 g/mol. The number of nitrogens with one attached hydrogen (secondary N) is 1. The summed E-state index contributed by atoms with van der Waals surface area (Å²) in [6.07, 6.45) is 3.98. The maximum Gasteiger partial charge on any atom is 0.237 e. The summed E-state index contributed by atoms with van der Waals surface area (Å²) in [5, 5.41) is 2.28. The van der Waals surface area contributed by atoms with Crippen LogP contribution in [0.25, 0.3) is 6.08 Å². The van der Waals surface area contributed by atoms with Gasteiger partial charge >= 0.3 is 0 Å². The maximum atomic E-state index is 13.1. The van der Waals surface area contributed by atoms with Crippen LogP contribution in [-0.2, 0) is 4.79 Å². The Morgan fingerprint density at radius 2 is 1.91 bits per heavy atom. The van der Waals surface area contributed by atoms with Crippen molar-refractivity contribution in [1.29, 1.82) is 0 Å². The summed E-state index contributed by atoms with van der Waals surface area (Å²) >= 11 is 1.46. The van der Waals surface area contributed by atoms with Crippen molar-refractivity contribution >= 4 is 29.4 Å². The van der Waals surface area contributed by atoms with Crippen LogP contribution in [0.2, 0.25) is 0 Å². The molecule has 0 bridgehead atoms. The Bertz CT molecular complexity index is 689. The largest absolute Gasteiger partial charge is 0.325 e. The first-order chi connectivity index (χ1) is 11.1. The molecule has 0 saturated carbocycles. The van der Waals surface area contributed by atoms with E-state index in [4.69, 9.17) is 0 Å². The van der Waals surface area contributed by atoms with Gasteiger partial charge < -0.3 is 5.32 Å². The number of amides is 1. The van der Waals surface area contributed by atoms with Gasteiger partial charge in [0.15, 0.2) is 11.6 Å². The fourth-order valence-corrected chi connectivity index (χ4v) is 2.55. The average Bonchev–Trinajstić information content (AvgIpc) is 2.55. The van der Waals surface area contributed by atoms with Gasteiger partial charge in [-0.2, -0.15) is 0 Å². The second kappa shape index (κ2) is 8.48. The highest BCUT2D eigenvalue weighted by molar-refractivity contribution is 8.00. The summed E-state index contributed by atoms with van der Waals surface area (Å²) in [4.78, 5) is 12.0. The van der Waals surface area contributed by atoms with E-state index in [0.717, 1.165) is 17.7 Å². The van der Waals surface area contributed by atoms with Gasteiger partial charge in [0.1, 0.15) is 0 Å². The van der Waals surface area contributed by atoms with E-state index in [0.29, 0.717) is 5.75 Å². The van der Waals surface area contributed by atoms with Gasteiger partial charge in [0, 0.05) is 17.5 Å². The Morgan fingerprint density at radius 1 is 1.17 bits per heavy atom. The molecule has 0 radical (unpaired) electrons. The zero-order valence-corrected chi connectivity index (χ0v) is 13.4. The highest BCUT2D eigenvalue weighted by atomic mass is 32.2. The molecule has 2 nitrogen and oxygen atoms in total. The molecule has 1 atom stereocenters. The molecule has 2 rings (SSSR count). The number of hydrogen-bond acceptors (Lipinski definition) is 2. The van der Waals surface area contributed by atoms with Crippen LogP contribution >= 0.6 is 11.8 Å². The summed E-state index contributed by atoms with van der Waals surface area (Å²) in [6, 6.07) is 13.2. The fraction of sp³-hybridized carbons (Fsp3) is 0.167. The van der Waals surface area contributed by atoms with Crippen molar-refractivity contribution in [3.05, 3.63) is 71.8 Å². The molecule has 0 aliphatic heterocycles. The van der Waals surface area contributed by atoms with Crippen LogP contribution in [-0.4, -0.2) is 16.9 Å². The lowest BCUT2D eigenvalue weighted by Crippen LogP contribution is -2.22. The number of hydrogen-bond donors (Lipinski definition) is 1. The number of benzene rings is 2. The number of rotatable bonds is 6. The lowest BCUT2D eigenvalue weighted by atomic mass is 10.2. The lowest BCUT2D eigenvalue weighted by molar-refractivity contribution is -0.115. The molecule has 5 heteroatoms. The summed E-state index contributed by atoms with van der Waals surface area (Å²) in [6.45, 7) is 1.77. The van der Waals surface area contributed by atoms with E-state index < -0.39 is 11.6 Å². The van der Waals surface area contributed by atoms with Crippen molar-refractivity contribution in [2.75, 3.05) is 11.1 Å². The Hall–Kier alpha value is -2.14. The summed E-state index contributed by atoms with van der Waals surface area (Å²) < 4.78 is 25.9. The summed E-state index contributed by atoms with van der Waals surface area (Å²) in [7, 11) is 0. The molecule has 1 N–H and O–H groups in total. The minimum atomic E-state index is -0.978. The number of anilines is 1. The smallest absolute Gasteiger partial charge is 0.237 e. The van der Waals surface area contributed by atoms with Crippen molar-refractivity contribution in [1.82, 2.24) is 0 Å². The van der Waals surface area contributed by atoms with Crippen molar-refractivity contribution in [3.8, 4) is 0 Å². The number of carbonyl (C=O) groups excluding carboxylic acids is 1. The topological polar surface area (TPSA) is 29.1 Å². The quantitative estimate of drug-likeness (QED) is 0.827. The van der Waals surface area contributed by atoms with Gasteiger partial charge in [-0.25, -0.2) is 8.78 Å². The molecule has 0 aliphatic rings. The predicted molar refractivity (Wildman–Crippen MR) is 92.4 cm³/mol. The van der Waals surface area contributed by atoms with Crippen LogP contribution in [0.15, 0.2) is 54.6 Å². The molecule has 0 unspecified atom stereocenters. The van der Waals surface area contributed by atoms with Gasteiger partial charge in [-0.3, -0.25) is 4.79 Å². The van der Waals surface area contributed by atoms with Gasteiger partial charge in [0.2, 0.25) is 5.91 Å². The molecule has 0 heterocycles. The molecule has 0 aliphatic carbocycles. The Labute approximate surface area is 138 Å². The minimum Gasteiger partial charge on any atom is -0.325 e. The standard InChI is InChI=1S/C18H17F2NOS/c1-13(23-11-5-8-14-6-3-2-4-7-14)18(22)21-15-9-10-16(19)17(20)12-15/h2-10,12-13H,11H2,1H3,(H,21,22)/b8-5+/t13-/m1/s1. The molecule has 1 amide bonds. The van der Waals surface area contributed by atoms with E-state index in [1.807, 2.05) is 42.5 Å². The number of thioether (sulfide) groups is 1. The molecule has 0 saturated heterocycles. The zero-order chi connectivity index (χ0) is 16.7. The third-order valence-electron chi connectivity index (χ3n) is 3.11. The Balaban J connectivity index is 1.80. The highest BCUT2D eigenvalue weighted by Crippen LogP contribution is 2.17. The van der Waals surface area contributed by atoms with Gasteiger partial charge in [-0.05, 0) is 24.6 Å². The van der Waals surface area contributed by atoms with Crippen LogP contribution in [0.1, 0.15) is 12.5 Å². The normalized spacial score (nSPS) is 12.3.